The van der Waals surface area contributed by atoms with E-state index in [1.807, 2.05) is 25.1 Å². The van der Waals surface area contributed by atoms with Gasteiger partial charge in [0.15, 0.2) is 6.61 Å². The Morgan fingerprint density at radius 3 is 2.26 bits per heavy atom. The van der Waals surface area contributed by atoms with E-state index in [0.717, 1.165) is 27.3 Å². The summed E-state index contributed by atoms with van der Waals surface area (Å²) < 4.78 is 15.7. The van der Waals surface area contributed by atoms with Crippen LogP contribution in [0.3, 0.4) is 0 Å². The predicted molar refractivity (Wildman–Crippen MR) is 127 cm³/mol. The molecule has 0 spiro atoms. The first-order valence-corrected chi connectivity index (χ1v) is 11.2. The van der Waals surface area contributed by atoms with Crippen molar-refractivity contribution in [3.63, 3.8) is 0 Å². The van der Waals surface area contributed by atoms with Crippen molar-refractivity contribution < 1.29 is 19.0 Å². The van der Waals surface area contributed by atoms with Gasteiger partial charge in [-0.3, -0.25) is 0 Å². The van der Waals surface area contributed by atoms with Gasteiger partial charge in [0.25, 0.3) is 0 Å². The summed E-state index contributed by atoms with van der Waals surface area (Å²) in [5, 5.41) is 1.09. The third kappa shape index (κ3) is 6.10. The number of carbonyl (C=O) groups is 1. The maximum absolute atomic E-state index is 11.3. The Bertz CT molecular complexity index is 1070. The number of ether oxygens (including phenoxy) is 3. The molecule has 0 saturated carbocycles. The lowest BCUT2D eigenvalue weighted by atomic mass is 10.0. The molecule has 4 nitrogen and oxygen atoms in total. The summed E-state index contributed by atoms with van der Waals surface area (Å²) in [6.07, 6.45) is 0. The van der Waals surface area contributed by atoms with E-state index in [-0.39, 0.29) is 6.61 Å². The zero-order valence-corrected chi connectivity index (χ0v) is 19.7. The molecule has 0 aromatic heterocycles. The van der Waals surface area contributed by atoms with E-state index in [1.165, 1.54) is 12.7 Å². The number of hydrogen-bond acceptors (Lipinski definition) is 5. The van der Waals surface area contributed by atoms with E-state index < -0.39 is 5.97 Å². The molecule has 0 unspecified atom stereocenters. The Morgan fingerprint density at radius 2 is 1.61 bits per heavy atom. The monoisotopic (exact) mass is 476 g/mol. The highest BCUT2D eigenvalue weighted by atomic mass is 35.5. The number of benzene rings is 3. The van der Waals surface area contributed by atoms with Gasteiger partial charge in [0.1, 0.15) is 11.5 Å². The highest BCUT2D eigenvalue weighted by Crippen LogP contribution is 2.37. The summed E-state index contributed by atoms with van der Waals surface area (Å²) in [5.74, 6) is 1.64. The highest BCUT2D eigenvalue weighted by Gasteiger charge is 2.12. The first kappa shape index (κ1) is 23.3. The molecule has 31 heavy (non-hydrogen) atoms. The van der Waals surface area contributed by atoms with Crippen LogP contribution in [0.25, 0.3) is 11.1 Å². The number of halogens is 2. The van der Waals surface area contributed by atoms with Gasteiger partial charge in [-0.25, -0.2) is 4.79 Å². The van der Waals surface area contributed by atoms with Crippen LogP contribution < -0.4 is 9.47 Å². The van der Waals surface area contributed by atoms with Crippen molar-refractivity contribution in [2.24, 2.45) is 0 Å². The lowest BCUT2D eigenvalue weighted by Crippen LogP contribution is -2.13. The number of hydrogen-bond donors (Lipinski definition) is 0. The van der Waals surface area contributed by atoms with Crippen molar-refractivity contribution in [1.29, 1.82) is 0 Å². The van der Waals surface area contributed by atoms with E-state index in [1.54, 1.807) is 31.0 Å². The molecule has 0 aliphatic heterocycles. The minimum atomic E-state index is -0.430. The van der Waals surface area contributed by atoms with Crippen LogP contribution in [0.2, 0.25) is 10.0 Å². The third-order valence-electron chi connectivity index (χ3n) is 4.64. The maximum Gasteiger partial charge on any atom is 0.343 e. The van der Waals surface area contributed by atoms with Gasteiger partial charge < -0.3 is 14.2 Å². The molecule has 0 amide bonds. The second-order valence-electron chi connectivity index (χ2n) is 6.75. The fraction of sp³-hybridized carbons (Fsp3) is 0.208. The summed E-state index contributed by atoms with van der Waals surface area (Å²) >= 11 is 13.8. The molecule has 0 fully saturated rings. The van der Waals surface area contributed by atoms with Crippen molar-refractivity contribution in [2.75, 3.05) is 20.8 Å². The largest absolute Gasteiger partial charge is 0.495 e. The fourth-order valence-electron chi connectivity index (χ4n) is 2.90. The Kier molecular flexibility index (Phi) is 8.13. The number of thioether (sulfide) groups is 1. The van der Waals surface area contributed by atoms with Crippen molar-refractivity contribution in [3.05, 3.63) is 75.8 Å². The summed E-state index contributed by atoms with van der Waals surface area (Å²) in [6, 6.07) is 17.8. The third-order valence-corrected chi connectivity index (χ3v) is 6.48. The molecule has 0 aliphatic rings. The van der Waals surface area contributed by atoms with Crippen LogP contribution >= 0.6 is 35.0 Å². The maximum atomic E-state index is 11.3. The quantitative estimate of drug-likeness (QED) is 0.263. The molecular formula is C24H22Cl2O4S. The first-order valence-electron chi connectivity index (χ1n) is 9.46. The molecule has 0 heterocycles. The molecule has 3 rings (SSSR count). The van der Waals surface area contributed by atoms with Crippen LogP contribution in [0.5, 0.6) is 11.5 Å². The highest BCUT2D eigenvalue weighted by molar-refractivity contribution is 7.98. The smallest absolute Gasteiger partial charge is 0.343 e. The predicted octanol–water partition coefficient (Wildman–Crippen LogP) is 6.82. The average Bonchev–Trinajstić information content (AvgIpc) is 2.78. The molecule has 162 valence electrons. The molecular weight excluding hydrogens is 455 g/mol. The SMILES string of the molecule is COC(=O)COc1cc(OC)c(SCc2ccc(-c3ccc(Cl)c(Cl)c3)cc2)cc1C. The van der Waals surface area contributed by atoms with Crippen LogP contribution in [-0.2, 0) is 15.3 Å². The van der Waals surface area contributed by atoms with E-state index in [4.69, 9.17) is 32.7 Å². The number of esters is 1. The normalized spacial score (nSPS) is 10.6. The van der Waals surface area contributed by atoms with Gasteiger partial charge in [-0.15, -0.1) is 11.8 Å². The Balaban J connectivity index is 1.69. The first-order chi connectivity index (χ1) is 14.9. The van der Waals surface area contributed by atoms with Crippen LogP contribution in [0, 0.1) is 6.92 Å². The zero-order valence-electron chi connectivity index (χ0n) is 17.4. The molecule has 0 radical (unpaired) electrons. The van der Waals surface area contributed by atoms with Crippen molar-refractivity contribution in [1.82, 2.24) is 0 Å². The summed E-state index contributed by atoms with van der Waals surface area (Å²) in [4.78, 5) is 12.3. The number of carbonyl (C=O) groups excluding carboxylic acids is 1. The van der Waals surface area contributed by atoms with E-state index in [9.17, 15) is 4.79 Å². The van der Waals surface area contributed by atoms with Crippen LogP contribution in [-0.4, -0.2) is 26.8 Å². The topological polar surface area (TPSA) is 44.8 Å². The Labute approximate surface area is 196 Å². The van der Waals surface area contributed by atoms with Crippen LogP contribution in [0.1, 0.15) is 11.1 Å². The summed E-state index contributed by atoms with van der Waals surface area (Å²) in [6.45, 7) is 1.79. The molecule has 3 aromatic carbocycles. The lowest BCUT2D eigenvalue weighted by Gasteiger charge is -2.14. The van der Waals surface area contributed by atoms with Crippen molar-refractivity contribution >= 4 is 40.9 Å². The van der Waals surface area contributed by atoms with Gasteiger partial charge in [-0.05, 0) is 47.4 Å². The van der Waals surface area contributed by atoms with Crippen LogP contribution in [0.15, 0.2) is 59.5 Å². The molecule has 0 atom stereocenters. The van der Waals surface area contributed by atoms with Gasteiger partial charge in [0.05, 0.1) is 29.2 Å². The van der Waals surface area contributed by atoms with E-state index >= 15 is 0 Å². The van der Waals surface area contributed by atoms with E-state index in [2.05, 4.69) is 29.0 Å². The number of aryl methyl sites for hydroxylation is 1. The summed E-state index contributed by atoms with van der Waals surface area (Å²) in [5.41, 5.74) is 4.20. The fourth-order valence-corrected chi connectivity index (χ4v) is 4.25. The second kappa shape index (κ2) is 10.8. The second-order valence-corrected chi connectivity index (χ2v) is 8.58. The molecule has 0 bridgehead atoms. The number of methoxy groups -OCH3 is 2. The molecule has 0 saturated heterocycles. The van der Waals surface area contributed by atoms with Gasteiger partial charge in [0.2, 0.25) is 0 Å². The number of rotatable bonds is 8. The van der Waals surface area contributed by atoms with Gasteiger partial charge in [-0.1, -0.05) is 53.5 Å². The van der Waals surface area contributed by atoms with E-state index in [0.29, 0.717) is 21.5 Å². The van der Waals surface area contributed by atoms with Crippen molar-refractivity contribution in [2.45, 2.75) is 17.6 Å². The Hall–Kier alpha value is -2.34. The van der Waals surface area contributed by atoms with Crippen molar-refractivity contribution in [3.8, 4) is 22.6 Å². The molecule has 3 aromatic rings. The van der Waals surface area contributed by atoms with Gasteiger partial charge >= 0.3 is 5.97 Å². The molecule has 7 heteroatoms. The van der Waals surface area contributed by atoms with Gasteiger partial charge in [0, 0.05) is 11.8 Å². The summed E-state index contributed by atoms with van der Waals surface area (Å²) in [7, 11) is 2.95. The van der Waals surface area contributed by atoms with Crippen LogP contribution in [0.4, 0.5) is 0 Å². The Morgan fingerprint density at radius 1 is 0.903 bits per heavy atom. The average molecular weight is 477 g/mol. The zero-order chi connectivity index (χ0) is 22.4. The van der Waals surface area contributed by atoms with Gasteiger partial charge in [-0.2, -0.15) is 0 Å². The minimum Gasteiger partial charge on any atom is -0.495 e. The molecule has 0 N–H and O–H groups in total. The lowest BCUT2D eigenvalue weighted by molar-refractivity contribution is -0.142. The molecule has 0 aliphatic carbocycles. The standard InChI is InChI=1S/C24H22Cl2O4S/c1-15-10-23(22(28-2)12-21(15)30-13-24(27)29-3)31-14-16-4-6-17(7-5-16)18-8-9-19(25)20(26)11-18/h4-12H,13-14H2,1-3H3. The minimum absolute atomic E-state index is 0.141.